The summed E-state index contributed by atoms with van der Waals surface area (Å²) >= 11 is 0. The third kappa shape index (κ3) is 37.5. The summed E-state index contributed by atoms with van der Waals surface area (Å²) in [5.74, 6) is -0.236. The molecule has 0 spiro atoms. The zero-order valence-corrected chi connectivity index (χ0v) is 58.5. The summed E-state index contributed by atoms with van der Waals surface area (Å²) in [6, 6.07) is -0.885. The van der Waals surface area contributed by atoms with Gasteiger partial charge < -0.3 is 89.9 Å². The molecule has 550 valence electrons. The quantitative estimate of drug-likeness (QED) is 0.0199. The summed E-state index contributed by atoms with van der Waals surface area (Å²) in [7, 11) is 0. The summed E-state index contributed by atoms with van der Waals surface area (Å²) in [6.07, 6.45) is 37.2. The number of nitrogens with one attached hydrogen (secondary N) is 1. The minimum absolute atomic E-state index is 0.236. The van der Waals surface area contributed by atoms with Crippen LogP contribution in [0.3, 0.4) is 0 Å². The number of carbonyl (C=O) groups excluding carboxylic acids is 1. The van der Waals surface area contributed by atoms with Crippen molar-refractivity contribution in [2.75, 3.05) is 26.4 Å². The number of hydrogen-bond donors (Lipinski definition) is 12. The lowest BCUT2D eigenvalue weighted by Crippen LogP contribution is -2.66. The monoisotopic (exact) mass is 1330 g/mol. The van der Waals surface area contributed by atoms with E-state index >= 15 is 0 Å². The van der Waals surface area contributed by atoms with Gasteiger partial charge >= 0.3 is 0 Å². The van der Waals surface area contributed by atoms with Gasteiger partial charge in [-0.25, -0.2) is 0 Å². The fourth-order valence-electron chi connectivity index (χ4n) is 13.4. The van der Waals surface area contributed by atoms with Crippen LogP contribution in [0.2, 0.25) is 0 Å². The Kier molecular flexibility index (Phi) is 51.9. The van der Waals surface area contributed by atoms with Crippen molar-refractivity contribution in [3.8, 4) is 0 Å². The molecule has 3 saturated heterocycles. The van der Waals surface area contributed by atoms with Crippen LogP contribution in [0.25, 0.3) is 0 Å². The van der Waals surface area contributed by atoms with Gasteiger partial charge in [0.05, 0.1) is 38.6 Å². The van der Waals surface area contributed by atoms with E-state index in [-0.39, 0.29) is 18.9 Å². The third-order valence-electron chi connectivity index (χ3n) is 19.6. The van der Waals surface area contributed by atoms with E-state index in [0.29, 0.717) is 12.8 Å². The second-order valence-corrected chi connectivity index (χ2v) is 27.8. The van der Waals surface area contributed by atoms with E-state index in [1.807, 2.05) is 0 Å². The molecular formula is C74H141NO18. The summed E-state index contributed by atoms with van der Waals surface area (Å²) in [4.78, 5) is 13.5. The minimum Gasteiger partial charge on any atom is -0.394 e. The van der Waals surface area contributed by atoms with Gasteiger partial charge in [0, 0.05) is 6.42 Å². The van der Waals surface area contributed by atoms with E-state index in [2.05, 4.69) is 31.3 Å². The van der Waals surface area contributed by atoms with Gasteiger partial charge in [0.15, 0.2) is 18.9 Å². The number of aliphatic hydroxyl groups excluding tert-OH is 11. The smallest absolute Gasteiger partial charge is 0.220 e. The van der Waals surface area contributed by atoms with Crippen LogP contribution in [0, 0.1) is 0 Å². The van der Waals surface area contributed by atoms with Gasteiger partial charge in [-0.3, -0.25) is 4.79 Å². The maximum Gasteiger partial charge on any atom is 0.220 e. The summed E-state index contributed by atoms with van der Waals surface area (Å²) in [5, 5.41) is 121. The van der Waals surface area contributed by atoms with Crippen molar-refractivity contribution < 1.29 is 89.4 Å². The first kappa shape index (κ1) is 85.8. The van der Waals surface area contributed by atoms with E-state index in [9.17, 15) is 61.0 Å². The maximum absolute atomic E-state index is 13.5. The fraction of sp³-hybridized carbons (Fsp3) is 0.959. The third-order valence-corrected chi connectivity index (χ3v) is 19.6. The van der Waals surface area contributed by atoms with Gasteiger partial charge in [-0.05, 0) is 38.5 Å². The molecule has 1 amide bonds. The van der Waals surface area contributed by atoms with E-state index in [0.717, 1.165) is 44.9 Å². The topological polar surface area (TPSA) is 307 Å². The Bertz CT molecular complexity index is 1730. The molecule has 3 rings (SSSR count). The van der Waals surface area contributed by atoms with Gasteiger partial charge in [0.2, 0.25) is 5.91 Å². The molecule has 93 heavy (non-hydrogen) atoms. The zero-order valence-electron chi connectivity index (χ0n) is 58.5. The number of allylic oxidation sites excluding steroid dienone is 2. The molecule has 19 heteroatoms. The van der Waals surface area contributed by atoms with Crippen molar-refractivity contribution in [1.82, 2.24) is 5.32 Å². The summed E-state index contributed by atoms with van der Waals surface area (Å²) in [6.45, 7) is 1.85. The van der Waals surface area contributed by atoms with Crippen molar-refractivity contribution >= 4 is 5.91 Å². The van der Waals surface area contributed by atoms with E-state index in [4.69, 9.17) is 28.4 Å². The van der Waals surface area contributed by atoms with Crippen molar-refractivity contribution in [2.45, 2.75) is 426 Å². The van der Waals surface area contributed by atoms with Crippen LogP contribution >= 0.6 is 0 Å². The number of rotatable bonds is 61. The Balaban J connectivity index is 1.39. The highest BCUT2D eigenvalue weighted by Crippen LogP contribution is 2.33. The second kappa shape index (κ2) is 56.3. The molecule has 3 fully saturated rings. The highest BCUT2D eigenvalue weighted by Gasteiger charge is 2.53. The molecule has 0 radical (unpaired) electrons. The molecule has 0 bridgehead atoms. The molecule has 3 aliphatic heterocycles. The highest BCUT2D eigenvalue weighted by molar-refractivity contribution is 5.76. The Morgan fingerprint density at radius 2 is 0.677 bits per heavy atom. The number of ether oxygens (including phenoxy) is 6. The second-order valence-electron chi connectivity index (χ2n) is 27.8. The number of carbonyl (C=O) groups is 1. The first-order valence-corrected chi connectivity index (χ1v) is 38.4. The highest BCUT2D eigenvalue weighted by atomic mass is 16.8. The molecule has 3 aliphatic rings. The van der Waals surface area contributed by atoms with Gasteiger partial charge in [-0.1, -0.05) is 289 Å². The average molecular weight is 1330 g/mol. The summed E-state index contributed by atoms with van der Waals surface area (Å²) < 4.78 is 34.5. The van der Waals surface area contributed by atoms with Gasteiger partial charge in [-0.2, -0.15) is 0 Å². The largest absolute Gasteiger partial charge is 0.394 e. The standard InChI is InChI=1S/C74H141NO18/c1-3-5-7-9-11-13-15-17-19-21-23-25-26-27-28-29-30-32-34-36-38-40-42-44-46-48-50-52-62(80)75-57(58(79)51-49-47-45-43-41-39-37-35-33-31-24-22-20-18-16-14-12-10-8-6-4-2)56-88-72-68(86)65(83)70(60(54-77)90-72)93-74-69(87)66(84)71(61(55-78)91-74)92-73-67(85)64(82)63(81)59(53-76)89-73/h21,23,57-61,63-74,76-79,81-87H,3-20,22,24-56H2,1-2H3,(H,75,80)/b23-21-. The van der Waals surface area contributed by atoms with E-state index in [1.165, 1.54) is 244 Å². The number of amides is 1. The molecule has 12 N–H and O–H groups in total. The molecule has 0 aromatic rings. The minimum atomic E-state index is -1.97. The van der Waals surface area contributed by atoms with Crippen LogP contribution in [0.1, 0.15) is 322 Å². The van der Waals surface area contributed by atoms with Gasteiger partial charge in [0.25, 0.3) is 0 Å². The Morgan fingerprint density at radius 3 is 1.04 bits per heavy atom. The zero-order chi connectivity index (χ0) is 67.5. The average Bonchev–Trinajstić information content (AvgIpc) is 0.902. The molecule has 0 aromatic carbocycles. The van der Waals surface area contributed by atoms with Gasteiger partial charge in [-0.15, -0.1) is 0 Å². The lowest BCUT2D eigenvalue weighted by atomic mass is 9.96. The lowest BCUT2D eigenvalue weighted by Gasteiger charge is -2.48. The van der Waals surface area contributed by atoms with Crippen molar-refractivity contribution in [3.63, 3.8) is 0 Å². The molecule has 17 atom stereocenters. The van der Waals surface area contributed by atoms with E-state index in [1.54, 1.807) is 0 Å². The predicted molar refractivity (Wildman–Crippen MR) is 365 cm³/mol. The van der Waals surface area contributed by atoms with Crippen LogP contribution in [0.15, 0.2) is 12.2 Å². The van der Waals surface area contributed by atoms with Crippen molar-refractivity contribution in [1.29, 1.82) is 0 Å². The Morgan fingerprint density at radius 1 is 0.376 bits per heavy atom. The Hall–Kier alpha value is -1.47. The van der Waals surface area contributed by atoms with Crippen LogP contribution in [0.4, 0.5) is 0 Å². The van der Waals surface area contributed by atoms with Crippen LogP contribution in [0.5, 0.6) is 0 Å². The molecular weight excluding hydrogens is 1190 g/mol. The first-order chi connectivity index (χ1) is 45.3. The maximum atomic E-state index is 13.5. The Labute approximate surface area is 563 Å². The van der Waals surface area contributed by atoms with Crippen LogP contribution < -0.4 is 5.32 Å². The summed E-state index contributed by atoms with van der Waals surface area (Å²) in [5.41, 5.74) is 0. The number of aliphatic hydroxyl groups is 11. The number of unbranched alkanes of at least 4 members (excludes halogenated alkanes) is 43. The van der Waals surface area contributed by atoms with Crippen molar-refractivity contribution in [2.24, 2.45) is 0 Å². The first-order valence-electron chi connectivity index (χ1n) is 38.4. The molecule has 3 heterocycles. The molecule has 0 aromatic heterocycles. The lowest BCUT2D eigenvalue weighted by molar-refractivity contribution is -0.379. The normalized spacial score (nSPS) is 27.5. The fourth-order valence-corrected chi connectivity index (χ4v) is 13.4. The van der Waals surface area contributed by atoms with Gasteiger partial charge in [0.1, 0.15) is 73.2 Å². The van der Waals surface area contributed by atoms with E-state index < -0.39 is 124 Å². The van der Waals surface area contributed by atoms with Crippen LogP contribution in [-0.2, 0) is 33.2 Å². The molecule has 19 nitrogen and oxygen atoms in total. The molecule has 17 unspecified atom stereocenters. The number of hydrogen-bond acceptors (Lipinski definition) is 18. The SMILES string of the molecule is CCCCCCCCCC/C=C\CCCCCCCCCCCCCCCCCC(=O)NC(COC1OC(CO)C(OC2OC(CO)C(OC3OC(CO)C(O)C(O)C3O)C(O)C2O)C(O)C1O)C(O)CCCCCCCCCCCCCCCCCCCCCCC. The van der Waals surface area contributed by atoms with Crippen molar-refractivity contribution in [3.05, 3.63) is 12.2 Å². The molecule has 0 aliphatic carbocycles. The van der Waals surface area contributed by atoms with Crippen LogP contribution in [-0.4, -0.2) is 193 Å². The molecule has 0 saturated carbocycles. The predicted octanol–water partition coefficient (Wildman–Crippen LogP) is 11.6.